The van der Waals surface area contributed by atoms with Crippen LogP contribution >= 0.6 is 0 Å². The normalized spacial score (nSPS) is 13.4. The Hall–Kier alpha value is -2.23. The van der Waals surface area contributed by atoms with Gasteiger partial charge in [0, 0.05) is 17.8 Å². The SMILES string of the molecule is CC(=O)c1cc(F)ccc1N1CCc2ccc(F)cc21. The van der Waals surface area contributed by atoms with E-state index < -0.39 is 5.82 Å². The van der Waals surface area contributed by atoms with Crippen LogP contribution in [0.25, 0.3) is 0 Å². The van der Waals surface area contributed by atoms with Gasteiger partial charge in [-0.2, -0.15) is 0 Å². The number of rotatable bonds is 2. The first kappa shape index (κ1) is 12.8. The summed E-state index contributed by atoms with van der Waals surface area (Å²) in [5, 5.41) is 0. The molecule has 0 N–H and O–H groups in total. The summed E-state index contributed by atoms with van der Waals surface area (Å²) in [5.74, 6) is -0.968. The molecule has 1 heterocycles. The van der Waals surface area contributed by atoms with Gasteiger partial charge in [0.15, 0.2) is 5.78 Å². The van der Waals surface area contributed by atoms with E-state index in [1.807, 2.05) is 4.90 Å². The van der Waals surface area contributed by atoms with E-state index in [9.17, 15) is 13.6 Å². The monoisotopic (exact) mass is 273 g/mol. The van der Waals surface area contributed by atoms with Crippen LogP contribution in [-0.2, 0) is 6.42 Å². The standard InChI is InChI=1S/C16H13F2NO/c1-10(20)14-8-12(17)4-5-15(14)19-7-6-11-2-3-13(18)9-16(11)19/h2-5,8-9H,6-7H2,1H3. The average molecular weight is 273 g/mol. The number of fused-ring (bicyclic) bond motifs is 1. The summed E-state index contributed by atoms with van der Waals surface area (Å²) < 4.78 is 26.7. The first-order chi connectivity index (χ1) is 9.56. The van der Waals surface area contributed by atoms with Crippen molar-refractivity contribution in [2.75, 3.05) is 11.4 Å². The minimum atomic E-state index is -0.447. The Labute approximate surface area is 115 Å². The van der Waals surface area contributed by atoms with Gasteiger partial charge < -0.3 is 4.90 Å². The van der Waals surface area contributed by atoms with E-state index in [1.165, 1.54) is 31.2 Å². The smallest absolute Gasteiger partial charge is 0.162 e. The molecule has 4 heteroatoms. The molecule has 0 amide bonds. The highest BCUT2D eigenvalue weighted by Crippen LogP contribution is 2.37. The topological polar surface area (TPSA) is 20.3 Å². The van der Waals surface area contributed by atoms with Gasteiger partial charge in [-0.05, 0) is 49.2 Å². The van der Waals surface area contributed by atoms with Crippen LogP contribution in [0.3, 0.4) is 0 Å². The van der Waals surface area contributed by atoms with Crippen molar-refractivity contribution in [1.82, 2.24) is 0 Å². The number of hydrogen-bond donors (Lipinski definition) is 0. The third kappa shape index (κ3) is 2.07. The van der Waals surface area contributed by atoms with Gasteiger partial charge in [-0.15, -0.1) is 0 Å². The number of halogens is 2. The lowest BCUT2D eigenvalue weighted by Gasteiger charge is -2.22. The third-order valence-electron chi connectivity index (χ3n) is 3.57. The molecule has 102 valence electrons. The largest absolute Gasteiger partial charge is 0.340 e. The first-order valence-electron chi connectivity index (χ1n) is 6.43. The zero-order valence-electron chi connectivity index (χ0n) is 11.0. The maximum Gasteiger partial charge on any atom is 0.162 e. The Morgan fingerprint density at radius 2 is 1.75 bits per heavy atom. The average Bonchev–Trinajstić information content (AvgIpc) is 2.81. The molecule has 0 aliphatic carbocycles. The molecule has 2 aromatic rings. The molecule has 3 rings (SSSR count). The minimum absolute atomic E-state index is 0.204. The Bertz CT molecular complexity index is 697. The van der Waals surface area contributed by atoms with E-state index in [4.69, 9.17) is 0 Å². The van der Waals surface area contributed by atoms with Crippen molar-refractivity contribution < 1.29 is 13.6 Å². The summed E-state index contributed by atoms with van der Waals surface area (Å²) in [6.45, 7) is 2.06. The van der Waals surface area contributed by atoms with Crippen LogP contribution in [0.15, 0.2) is 36.4 Å². The Morgan fingerprint density at radius 1 is 1.05 bits per heavy atom. The minimum Gasteiger partial charge on any atom is -0.340 e. The molecule has 20 heavy (non-hydrogen) atoms. The molecule has 0 atom stereocenters. The van der Waals surface area contributed by atoms with Gasteiger partial charge in [-0.3, -0.25) is 4.79 Å². The van der Waals surface area contributed by atoms with Gasteiger partial charge >= 0.3 is 0 Å². The Morgan fingerprint density at radius 3 is 2.50 bits per heavy atom. The van der Waals surface area contributed by atoms with Gasteiger partial charge in [0.2, 0.25) is 0 Å². The van der Waals surface area contributed by atoms with Crippen molar-refractivity contribution in [1.29, 1.82) is 0 Å². The van der Waals surface area contributed by atoms with E-state index in [2.05, 4.69) is 0 Å². The van der Waals surface area contributed by atoms with Gasteiger partial charge in [-0.25, -0.2) is 8.78 Å². The van der Waals surface area contributed by atoms with Crippen molar-refractivity contribution >= 4 is 17.2 Å². The predicted molar refractivity (Wildman–Crippen MR) is 73.5 cm³/mol. The zero-order valence-corrected chi connectivity index (χ0v) is 11.0. The number of Topliss-reactive ketones (excluding diaryl/α,β-unsaturated/α-hetero) is 1. The van der Waals surface area contributed by atoms with Gasteiger partial charge in [0.25, 0.3) is 0 Å². The number of nitrogens with zero attached hydrogens (tertiary/aromatic N) is 1. The van der Waals surface area contributed by atoms with Crippen molar-refractivity contribution in [3.05, 3.63) is 59.2 Å². The molecule has 1 aliphatic rings. The highest BCUT2D eigenvalue weighted by atomic mass is 19.1. The van der Waals surface area contributed by atoms with E-state index in [0.29, 0.717) is 17.8 Å². The lowest BCUT2D eigenvalue weighted by molar-refractivity contribution is 0.101. The van der Waals surface area contributed by atoms with E-state index in [-0.39, 0.29) is 11.6 Å². The fourth-order valence-electron chi connectivity index (χ4n) is 2.63. The molecule has 2 aromatic carbocycles. The molecule has 0 fully saturated rings. The predicted octanol–water partition coefficient (Wildman–Crippen LogP) is 3.86. The number of hydrogen-bond acceptors (Lipinski definition) is 2. The Balaban J connectivity index is 2.13. The highest BCUT2D eigenvalue weighted by Gasteiger charge is 2.24. The Kier molecular flexibility index (Phi) is 3.01. The van der Waals surface area contributed by atoms with Crippen LogP contribution in [0.5, 0.6) is 0 Å². The van der Waals surface area contributed by atoms with Gasteiger partial charge in [0.1, 0.15) is 11.6 Å². The van der Waals surface area contributed by atoms with Crippen molar-refractivity contribution in [2.24, 2.45) is 0 Å². The molecule has 0 saturated heterocycles. The van der Waals surface area contributed by atoms with Gasteiger partial charge in [-0.1, -0.05) is 6.07 Å². The quantitative estimate of drug-likeness (QED) is 0.774. The van der Waals surface area contributed by atoms with Crippen molar-refractivity contribution in [3.63, 3.8) is 0 Å². The maximum atomic E-state index is 13.4. The van der Waals surface area contributed by atoms with Gasteiger partial charge in [0.05, 0.1) is 5.69 Å². The van der Waals surface area contributed by atoms with Crippen LogP contribution in [0, 0.1) is 11.6 Å². The van der Waals surface area contributed by atoms with E-state index in [0.717, 1.165) is 17.7 Å². The summed E-state index contributed by atoms with van der Waals surface area (Å²) in [6, 6.07) is 8.76. The molecular weight excluding hydrogens is 260 g/mol. The lowest BCUT2D eigenvalue weighted by atomic mass is 10.1. The maximum absolute atomic E-state index is 13.4. The second kappa shape index (κ2) is 4.71. The highest BCUT2D eigenvalue weighted by molar-refractivity contribution is 6.00. The molecular formula is C16H13F2NO. The molecule has 1 aliphatic heterocycles. The molecule has 0 radical (unpaired) electrons. The molecule has 0 aromatic heterocycles. The molecule has 0 saturated carbocycles. The zero-order chi connectivity index (χ0) is 14.3. The lowest BCUT2D eigenvalue weighted by Crippen LogP contribution is -2.16. The summed E-state index contributed by atoms with van der Waals surface area (Å²) in [5.41, 5.74) is 2.73. The number of ketones is 1. The fraction of sp³-hybridized carbons (Fsp3) is 0.188. The van der Waals surface area contributed by atoms with Crippen molar-refractivity contribution in [2.45, 2.75) is 13.3 Å². The number of benzene rings is 2. The number of carbonyl (C=O) groups is 1. The number of anilines is 2. The van der Waals surface area contributed by atoms with Crippen molar-refractivity contribution in [3.8, 4) is 0 Å². The first-order valence-corrected chi connectivity index (χ1v) is 6.43. The van der Waals surface area contributed by atoms with Crippen LogP contribution in [0.2, 0.25) is 0 Å². The summed E-state index contributed by atoms with van der Waals surface area (Å²) in [7, 11) is 0. The third-order valence-corrected chi connectivity index (χ3v) is 3.57. The van der Waals surface area contributed by atoms with Crippen LogP contribution in [0.1, 0.15) is 22.8 Å². The van der Waals surface area contributed by atoms with Crippen LogP contribution < -0.4 is 4.90 Å². The van der Waals surface area contributed by atoms with Crippen LogP contribution in [-0.4, -0.2) is 12.3 Å². The summed E-state index contributed by atoms with van der Waals surface area (Å²) in [6.07, 6.45) is 0.782. The second-order valence-electron chi connectivity index (χ2n) is 4.89. The second-order valence-corrected chi connectivity index (χ2v) is 4.89. The van der Waals surface area contributed by atoms with E-state index >= 15 is 0 Å². The molecule has 2 nitrogen and oxygen atoms in total. The number of carbonyl (C=O) groups excluding carboxylic acids is 1. The molecule has 0 spiro atoms. The summed E-state index contributed by atoms with van der Waals surface area (Å²) in [4.78, 5) is 13.6. The fourth-order valence-corrected chi connectivity index (χ4v) is 2.63. The summed E-state index contributed by atoms with van der Waals surface area (Å²) >= 11 is 0. The molecule has 0 bridgehead atoms. The van der Waals surface area contributed by atoms with Crippen LogP contribution in [0.4, 0.5) is 20.2 Å². The van der Waals surface area contributed by atoms with E-state index in [1.54, 1.807) is 12.1 Å². The molecule has 0 unspecified atom stereocenters.